The summed E-state index contributed by atoms with van der Waals surface area (Å²) in [5.41, 5.74) is 1.39. The summed E-state index contributed by atoms with van der Waals surface area (Å²) in [7, 11) is 0. The zero-order chi connectivity index (χ0) is 20.7. The van der Waals surface area contributed by atoms with Gasteiger partial charge in [-0.05, 0) is 34.6 Å². The van der Waals surface area contributed by atoms with E-state index in [2.05, 4.69) is 60.6 Å². The van der Waals surface area contributed by atoms with Gasteiger partial charge in [-0.3, -0.25) is 9.69 Å². The predicted octanol–water partition coefficient (Wildman–Crippen LogP) is 4.00. The monoisotopic (exact) mass is 416 g/mol. The molecule has 1 fully saturated rings. The van der Waals surface area contributed by atoms with Crippen LogP contribution in [0.25, 0.3) is 0 Å². The van der Waals surface area contributed by atoms with Crippen LogP contribution in [-0.2, 0) is 14.9 Å². The quantitative estimate of drug-likeness (QED) is 0.707. The molecule has 1 aromatic heterocycles. The molecule has 1 aliphatic rings. The number of ether oxygens (including phenoxy) is 2. The Morgan fingerprint density at radius 3 is 2.55 bits per heavy atom. The second kappa shape index (κ2) is 10.2. The van der Waals surface area contributed by atoms with Crippen molar-refractivity contribution in [2.24, 2.45) is 0 Å². The minimum absolute atomic E-state index is 0.0196. The summed E-state index contributed by atoms with van der Waals surface area (Å²) in [6, 6.07) is 12.5. The number of rotatable bonds is 8. The van der Waals surface area contributed by atoms with Crippen molar-refractivity contribution in [3.63, 3.8) is 0 Å². The molecule has 6 heteroatoms. The highest BCUT2D eigenvalue weighted by Gasteiger charge is 2.23. The van der Waals surface area contributed by atoms with E-state index < -0.39 is 0 Å². The molecule has 1 N–H and O–H groups in total. The van der Waals surface area contributed by atoms with Crippen molar-refractivity contribution in [2.45, 2.75) is 38.6 Å². The van der Waals surface area contributed by atoms with E-state index in [1.54, 1.807) is 11.3 Å². The maximum absolute atomic E-state index is 12.3. The molecule has 5 nitrogen and oxygen atoms in total. The van der Waals surface area contributed by atoms with E-state index in [1.807, 2.05) is 12.1 Å². The van der Waals surface area contributed by atoms with E-state index in [0.717, 1.165) is 32.1 Å². The van der Waals surface area contributed by atoms with Gasteiger partial charge in [0, 0.05) is 24.5 Å². The molecule has 1 aliphatic heterocycles. The third kappa shape index (κ3) is 6.56. The van der Waals surface area contributed by atoms with Crippen LogP contribution in [0.1, 0.15) is 43.7 Å². The average Bonchev–Trinajstić information content (AvgIpc) is 3.23. The molecule has 1 atom stereocenters. The van der Waals surface area contributed by atoms with Crippen molar-refractivity contribution >= 4 is 17.2 Å². The van der Waals surface area contributed by atoms with Gasteiger partial charge in [0.15, 0.2) is 0 Å². The van der Waals surface area contributed by atoms with Crippen molar-refractivity contribution in [1.82, 2.24) is 10.2 Å². The molecular formula is C23H32N2O3S. The fourth-order valence-electron chi connectivity index (χ4n) is 3.39. The van der Waals surface area contributed by atoms with Crippen molar-refractivity contribution < 1.29 is 14.3 Å². The molecule has 29 heavy (non-hydrogen) atoms. The first-order chi connectivity index (χ1) is 13.9. The number of thiophene rings is 1. The van der Waals surface area contributed by atoms with E-state index in [1.165, 1.54) is 10.4 Å². The minimum atomic E-state index is 0.0196. The number of nitrogens with one attached hydrogen (secondary N) is 1. The van der Waals surface area contributed by atoms with Gasteiger partial charge in [0.1, 0.15) is 5.75 Å². The van der Waals surface area contributed by atoms with E-state index in [4.69, 9.17) is 9.47 Å². The van der Waals surface area contributed by atoms with E-state index in [-0.39, 0.29) is 17.4 Å². The van der Waals surface area contributed by atoms with E-state index in [9.17, 15) is 4.79 Å². The standard InChI is InChI=1S/C23H32N2O3S/c1-23(2,3)18-6-8-19(9-7-18)28-13-10-22(26)24-17-20(21-5-4-16-29-21)25-11-14-27-15-12-25/h4-9,16,20H,10-15,17H2,1-3H3,(H,24,26)/t20-/m0/s1. The third-order valence-electron chi connectivity index (χ3n) is 5.17. The average molecular weight is 417 g/mol. The van der Waals surface area contributed by atoms with Crippen LogP contribution >= 0.6 is 11.3 Å². The highest BCUT2D eigenvalue weighted by molar-refractivity contribution is 7.10. The third-order valence-corrected chi connectivity index (χ3v) is 6.14. The van der Waals surface area contributed by atoms with Crippen molar-refractivity contribution in [3.8, 4) is 5.75 Å². The first-order valence-electron chi connectivity index (χ1n) is 10.3. The van der Waals surface area contributed by atoms with Crippen molar-refractivity contribution in [1.29, 1.82) is 0 Å². The molecule has 1 aromatic carbocycles. The van der Waals surface area contributed by atoms with Crippen LogP contribution in [0.3, 0.4) is 0 Å². The highest BCUT2D eigenvalue weighted by Crippen LogP contribution is 2.26. The van der Waals surface area contributed by atoms with Crippen LogP contribution in [-0.4, -0.2) is 50.3 Å². The largest absolute Gasteiger partial charge is 0.493 e. The van der Waals surface area contributed by atoms with Crippen LogP contribution in [0.5, 0.6) is 5.75 Å². The number of amides is 1. The lowest BCUT2D eigenvalue weighted by Crippen LogP contribution is -2.43. The van der Waals surface area contributed by atoms with E-state index >= 15 is 0 Å². The van der Waals surface area contributed by atoms with E-state index in [0.29, 0.717) is 19.6 Å². The summed E-state index contributed by atoms with van der Waals surface area (Å²) in [5, 5.41) is 5.18. The Bertz CT molecular complexity index is 747. The van der Waals surface area contributed by atoms with Crippen LogP contribution in [0.2, 0.25) is 0 Å². The zero-order valence-electron chi connectivity index (χ0n) is 17.6. The minimum Gasteiger partial charge on any atom is -0.493 e. The predicted molar refractivity (Wildman–Crippen MR) is 118 cm³/mol. The molecule has 2 heterocycles. The lowest BCUT2D eigenvalue weighted by Gasteiger charge is -2.34. The van der Waals surface area contributed by atoms with Gasteiger partial charge in [0.05, 0.1) is 32.3 Å². The van der Waals surface area contributed by atoms with Crippen LogP contribution in [0, 0.1) is 0 Å². The topological polar surface area (TPSA) is 50.8 Å². The summed E-state index contributed by atoms with van der Waals surface area (Å²) in [6.07, 6.45) is 0.349. The lowest BCUT2D eigenvalue weighted by molar-refractivity contribution is -0.121. The number of hydrogen-bond donors (Lipinski definition) is 1. The van der Waals surface area contributed by atoms with Crippen molar-refractivity contribution in [2.75, 3.05) is 39.5 Å². The molecule has 0 spiro atoms. The molecule has 0 bridgehead atoms. The van der Waals surface area contributed by atoms with Crippen molar-refractivity contribution in [3.05, 3.63) is 52.2 Å². The molecule has 158 valence electrons. The summed E-state index contributed by atoms with van der Waals surface area (Å²) >= 11 is 1.74. The molecule has 1 saturated heterocycles. The number of nitrogens with zero attached hydrogens (tertiary/aromatic N) is 1. The second-order valence-corrected chi connectivity index (χ2v) is 9.34. The number of hydrogen-bond acceptors (Lipinski definition) is 5. The summed E-state index contributed by atoms with van der Waals surface area (Å²) in [6.45, 7) is 10.8. The lowest BCUT2D eigenvalue weighted by atomic mass is 9.87. The van der Waals surface area contributed by atoms with Crippen LogP contribution < -0.4 is 10.1 Å². The van der Waals surface area contributed by atoms with Crippen LogP contribution in [0.4, 0.5) is 0 Å². The maximum atomic E-state index is 12.3. The number of carbonyl (C=O) groups excluding carboxylic acids is 1. The molecule has 0 saturated carbocycles. The number of morpholine rings is 1. The SMILES string of the molecule is CC(C)(C)c1ccc(OCCC(=O)NC[C@@H](c2cccs2)N2CCOCC2)cc1. The van der Waals surface area contributed by atoms with Crippen LogP contribution in [0.15, 0.2) is 41.8 Å². The molecule has 1 amide bonds. The number of benzene rings is 1. The fraction of sp³-hybridized carbons (Fsp3) is 0.522. The normalized spacial score (nSPS) is 16.4. The fourth-order valence-corrected chi connectivity index (χ4v) is 4.25. The Morgan fingerprint density at radius 2 is 1.93 bits per heavy atom. The number of carbonyl (C=O) groups is 1. The molecule has 3 rings (SSSR count). The van der Waals surface area contributed by atoms with Gasteiger partial charge in [-0.2, -0.15) is 0 Å². The maximum Gasteiger partial charge on any atom is 0.223 e. The van der Waals surface area contributed by atoms with Gasteiger partial charge in [0.2, 0.25) is 5.91 Å². The molecule has 0 aliphatic carbocycles. The molecule has 0 radical (unpaired) electrons. The van der Waals surface area contributed by atoms with Gasteiger partial charge in [0.25, 0.3) is 0 Å². The highest BCUT2D eigenvalue weighted by atomic mass is 32.1. The van der Waals surface area contributed by atoms with Gasteiger partial charge in [-0.1, -0.05) is 39.0 Å². The first kappa shape index (κ1) is 21.8. The van der Waals surface area contributed by atoms with Gasteiger partial charge < -0.3 is 14.8 Å². The Hall–Kier alpha value is -1.89. The summed E-state index contributed by atoms with van der Waals surface area (Å²) in [5.74, 6) is 0.821. The second-order valence-electron chi connectivity index (χ2n) is 8.36. The summed E-state index contributed by atoms with van der Waals surface area (Å²) in [4.78, 5) is 16.0. The zero-order valence-corrected chi connectivity index (χ0v) is 18.5. The Balaban J connectivity index is 1.44. The van der Waals surface area contributed by atoms with Gasteiger partial charge in [-0.15, -0.1) is 11.3 Å². The Kier molecular flexibility index (Phi) is 7.70. The molecule has 0 unspecified atom stereocenters. The van der Waals surface area contributed by atoms with Gasteiger partial charge in [-0.25, -0.2) is 0 Å². The molecular weight excluding hydrogens is 384 g/mol. The first-order valence-corrected chi connectivity index (χ1v) is 11.2. The Morgan fingerprint density at radius 1 is 1.21 bits per heavy atom. The molecule has 2 aromatic rings. The smallest absolute Gasteiger partial charge is 0.223 e. The summed E-state index contributed by atoms with van der Waals surface area (Å²) < 4.78 is 11.2. The van der Waals surface area contributed by atoms with Gasteiger partial charge >= 0.3 is 0 Å². The Labute approximate surface area is 178 Å².